The molecule has 1 aliphatic rings. The number of benzene rings is 2. The molecule has 0 saturated carbocycles. The fourth-order valence-corrected chi connectivity index (χ4v) is 2.93. The Bertz CT molecular complexity index is 672. The first kappa shape index (κ1) is 16.3. The summed E-state index contributed by atoms with van der Waals surface area (Å²) in [6.45, 7) is 2.46. The standard InChI is InChI=1S/C19H21NO4/c1-3-23-19(21)18-17(14-7-5-4-6-8-14)20(13-24-18)15-9-11-16(22-2)12-10-15/h4-12,17-18H,3,13H2,1-2H3/t17-,18-/m0/s1. The van der Waals surface area contributed by atoms with Crippen molar-refractivity contribution < 1.29 is 19.0 Å². The normalized spacial score (nSPS) is 20.0. The number of esters is 1. The Hall–Kier alpha value is -2.53. The van der Waals surface area contributed by atoms with Crippen LogP contribution in [0.1, 0.15) is 18.5 Å². The highest BCUT2D eigenvalue weighted by Gasteiger charge is 2.42. The van der Waals surface area contributed by atoms with Crippen LogP contribution in [0.2, 0.25) is 0 Å². The summed E-state index contributed by atoms with van der Waals surface area (Å²) in [6.07, 6.45) is -0.644. The number of anilines is 1. The maximum Gasteiger partial charge on any atom is 0.337 e. The molecule has 1 aliphatic heterocycles. The smallest absolute Gasteiger partial charge is 0.337 e. The molecule has 0 spiro atoms. The third-order valence-electron chi connectivity index (χ3n) is 4.08. The number of nitrogens with zero attached hydrogens (tertiary/aromatic N) is 1. The van der Waals surface area contributed by atoms with Crippen LogP contribution in [0.5, 0.6) is 5.75 Å². The number of hydrogen-bond acceptors (Lipinski definition) is 5. The van der Waals surface area contributed by atoms with Crippen LogP contribution in [0.15, 0.2) is 54.6 Å². The van der Waals surface area contributed by atoms with E-state index in [1.165, 1.54) is 0 Å². The Labute approximate surface area is 141 Å². The molecule has 0 amide bonds. The van der Waals surface area contributed by atoms with Crippen molar-refractivity contribution in [2.45, 2.75) is 19.1 Å². The number of ether oxygens (including phenoxy) is 3. The van der Waals surface area contributed by atoms with Crippen molar-refractivity contribution in [2.75, 3.05) is 25.3 Å². The Morgan fingerprint density at radius 3 is 2.50 bits per heavy atom. The maximum atomic E-state index is 12.3. The molecule has 0 aromatic heterocycles. The number of rotatable bonds is 5. The molecule has 0 aliphatic carbocycles. The van der Waals surface area contributed by atoms with Crippen LogP contribution < -0.4 is 9.64 Å². The van der Waals surface area contributed by atoms with Crippen molar-refractivity contribution in [3.05, 3.63) is 60.2 Å². The van der Waals surface area contributed by atoms with Crippen molar-refractivity contribution in [1.29, 1.82) is 0 Å². The highest BCUT2D eigenvalue weighted by molar-refractivity contribution is 5.78. The second kappa shape index (κ2) is 7.36. The Balaban J connectivity index is 1.93. The topological polar surface area (TPSA) is 48.0 Å². The molecule has 2 aromatic rings. The van der Waals surface area contributed by atoms with Gasteiger partial charge in [0, 0.05) is 5.69 Å². The minimum atomic E-state index is -0.644. The van der Waals surface area contributed by atoms with Gasteiger partial charge in [-0.25, -0.2) is 4.79 Å². The lowest BCUT2D eigenvalue weighted by Crippen LogP contribution is -2.33. The zero-order valence-corrected chi connectivity index (χ0v) is 13.8. The van der Waals surface area contributed by atoms with Crippen molar-refractivity contribution in [1.82, 2.24) is 0 Å². The predicted octanol–water partition coefficient (Wildman–Crippen LogP) is 3.16. The van der Waals surface area contributed by atoms with Gasteiger partial charge in [0.2, 0.25) is 0 Å². The van der Waals surface area contributed by atoms with E-state index in [0.717, 1.165) is 17.0 Å². The summed E-state index contributed by atoms with van der Waals surface area (Å²) < 4.78 is 16.2. The Morgan fingerprint density at radius 1 is 1.17 bits per heavy atom. The van der Waals surface area contributed by atoms with E-state index in [1.807, 2.05) is 54.6 Å². The third-order valence-corrected chi connectivity index (χ3v) is 4.08. The molecular formula is C19H21NO4. The summed E-state index contributed by atoms with van der Waals surface area (Å²) in [7, 11) is 1.64. The first-order valence-corrected chi connectivity index (χ1v) is 7.98. The molecule has 126 valence electrons. The van der Waals surface area contributed by atoms with Gasteiger partial charge in [0.05, 0.1) is 19.8 Å². The molecule has 5 nitrogen and oxygen atoms in total. The van der Waals surface area contributed by atoms with Gasteiger partial charge in [0.15, 0.2) is 6.10 Å². The molecule has 5 heteroatoms. The fourth-order valence-electron chi connectivity index (χ4n) is 2.93. The van der Waals surface area contributed by atoms with Gasteiger partial charge >= 0.3 is 5.97 Å². The van der Waals surface area contributed by atoms with E-state index in [9.17, 15) is 4.79 Å². The van der Waals surface area contributed by atoms with Gasteiger partial charge in [-0.3, -0.25) is 0 Å². The Kier molecular flexibility index (Phi) is 5.01. The minimum Gasteiger partial charge on any atom is -0.497 e. The average Bonchev–Trinajstić information content (AvgIpc) is 3.08. The second-order valence-corrected chi connectivity index (χ2v) is 5.49. The lowest BCUT2D eigenvalue weighted by atomic mass is 10.00. The summed E-state index contributed by atoms with van der Waals surface area (Å²) in [5, 5.41) is 0. The second-order valence-electron chi connectivity index (χ2n) is 5.49. The zero-order valence-electron chi connectivity index (χ0n) is 13.8. The molecule has 24 heavy (non-hydrogen) atoms. The quantitative estimate of drug-likeness (QED) is 0.790. The number of methoxy groups -OCH3 is 1. The lowest BCUT2D eigenvalue weighted by molar-refractivity contribution is -0.154. The molecule has 1 saturated heterocycles. The molecule has 0 radical (unpaired) electrons. The zero-order chi connectivity index (χ0) is 16.9. The maximum absolute atomic E-state index is 12.3. The number of hydrogen-bond donors (Lipinski definition) is 0. The van der Waals surface area contributed by atoms with E-state index in [2.05, 4.69) is 4.90 Å². The molecule has 1 fully saturated rings. The number of carbonyl (C=O) groups excluding carboxylic acids is 1. The van der Waals surface area contributed by atoms with E-state index < -0.39 is 6.10 Å². The van der Waals surface area contributed by atoms with E-state index in [4.69, 9.17) is 14.2 Å². The van der Waals surface area contributed by atoms with Gasteiger partial charge < -0.3 is 19.1 Å². The van der Waals surface area contributed by atoms with Gasteiger partial charge in [0.25, 0.3) is 0 Å². The molecular weight excluding hydrogens is 306 g/mol. The van der Waals surface area contributed by atoms with Crippen LogP contribution in [-0.2, 0) is 14.3 Å². The molecule has 2 atom stereocenters. The van der Waals surface area contributed by atoms with Crippen LogP contribution in [0.4, 0.5) is 5.69 Å². The first-order valence-electron chi connectivity index (χ1n) is 7.98. The van der Waals surface area contributed by atoms with Crippen LogP contribution >= 0.6 is 0 Å². The summed E-state index contributed by atoms with van der Waals surface area (Å²) in [4.78, 5) is 14.4. The first-order chi connectivity index (χ1) is 11.7. The molecule has 0 bridgehead atoms. The van der Waals surface area contributed by atoms with Crippen molar-refractivity contribution in [2.24, 2.45) is 0 Å². The lowest BCUT2D eigenvalue weighted by Gasteiger charge is -2.27. The highest BCUT2D eigenvalue weighted by atomic mass is 16.6. The summed E-state index contributed by atoms with van der Waals surface area (Å²) in [5.41, 5.74) is 1.99. The third kappa shape index (κ3) is 3.21. The Morgan fingerprint density at radius 2 is 1.88 bits per heavy atom. The van der Waals surface area contributed by atoms with E-state index >= 15 is 0 Å². The van der Waals surface area contributed by atoms with Gasteiger partial charge in [-0.05, 0) is 36.8 Å². The van der Waals surface area contributed by atoms with E-state index in [-0.39, 0.29) is 12.0 Å². The molecule has 2 aromatic carbocycles. The largest absolute Gasteiger partial charge is 0.497 e. The van der Waals surface area contributed by atoms with Crippen molar-refractivity contribution in [3.63, 3.8) is 0 Å². The SMILES string of the molecule is CCOC(=O)[C@H]1OCN(c2ccc(OC)cc2)[C@H]1c1ccccc1. The van der Waals surface area contributed by atoms with Crippen molar-refractivity contribution in [3.8, 4) is 5.75 Å². The van der Waals surface area contributed by atoms with E-state index in [0.29, 0.717) is 13.3 Å². The van der Waals surface area contributed by atoms with Gasteiger partial charge in [-0.2, -0.15) is 0 Å². The molecule has 0 unspecified atom stereocenters. The summed E-state index contributed by atoms with van der Waals surface area (Å²) >= 11 is 0. The molecule has 1 heterocycles. The van der Waals surface area contributed by atoms with Gasteiger partial charge in [-0.15, -0.1) is 0 Å². The fraction of sp³-hybridized carbons (Fsp3) is 0.316. The highest BCUT2D eigenvalue weighted by Crippen LogP contribution is 2.37. The summed E-state index contributed by atoms with van der Waals surface area (Å²) in [6, 6.07) is 17.4. The minimum absolute atomic E-state index is 0.223. The number of carbonyl (C=O) groups is 1. The van der Waals surface area contributed by atoms with Crippen molar-refractivity contribution >= 4 is 11.7 Å². The van der Waals surface area contributed by atoms with Crippen LogP contribution in [0, 0.1) is 0 Å². The summed E-state index contributed by atoms with van der Waals surface area (Å²) in [5.74, 6) is 0.458. The van der Waals surface area contributed by atoms with E-state index in [1.54, 1.807) is 14.0 Å². The van der Waals surface area contributed by atoms with Crippen LogP contribution in [-0.4, -0.2) is 32.5 Å². The van der Waals surface area contributed by atoms with Crippen LogP contribution in [0.3, 0.4) is 0 Å². The predicted molar refractivity (Wildman–Crippen MR) is 91.0 cm³/mol. The molecule has 3 rings (SSSR count). The molecule has 0 N–H and O–H groups in total. The van der Waals surface area contributed by atoms with Gasteiger partial charge in [0.1, 0.15) is 12.5 Å². The van der Waals surface area contributed by atoms with Gasteiger partial charge in [-0.1, -0.05) is 30.3 Å². The average molecular weight is 327 g/mol. The monoisotopic (exact) mass is 327 g/mol. The van der Waals surface area contributed by atoms with Crippen LogP contribution in [0.25, 0.3) is 0 Å².